The molecule has 3 aliphatic heterocycles. The number of piperidine rings is 2. The van der Waals surface area contributed by atoms with E-state index in [1.165, 1.54) is 0 Å². The van der Waals surface area contributed by atoms with Gasteiger partial charge in [0.25, 0.3) is 0 Å². The van der Waals surface area contributed by atoms with Gasteiger partial charge in [-0.15, -0.1) is 0 Å². The molecule has 2 amide bonds. The molecule has 3 heterocycles. The van der Waals surface area contributed by atoms with Crippen LogP contribution in [0.3, 0.4) is 0 Å². The Balaban J connectivity index is 2.08. The van der Waals surface area contributed by atoms with E-state index < -0.39 is 11.1 Å². The van der Waals surface area contributed by atoms with Gasteiger partial charge in [0, 0.05) is 0 Å². The first-order valence-corrected chi connectivity index (χ1v) is 6.16. The van der Waals surface area contributed by atoms with Crippen molar-refractivity contribution in [2.75, 3.05) is 0 Å². The van der Waals surface area contributed by atoms with Gasteiger partial charge in [-0.3, -0.25) is 9.59 Å². The summed E-state index contributed by atoms with van der Waals surface area (Å²) < 4.78 is 0. The smallest absolute Gasteiger partial charge is 0.246 e. The summed E-state index contributed by atoms with van der Waals surface area (Å²) >= 11 is 0. The number of carbonyl (C=O) groups is 2. The maximum absolute atomic E-state index is 12.2. The fourth-order valence-corrected chi connectivity index (χ4v) is 3.73. The largest absolute Gasteiger partial charge is 0.339 e. The summed E-state index contributed by atoms with van der Waals surface area (Å²) in [4.78, 5) is 24.4. The summed E-state index contributed by atoms with van der Waals surface area (Å²) in [5, 5.41) is 6.00. The second-order valence-electron chi connectivity index (χ2n) is 5.80. The van der Waals surface area contributed by atoms with E-state index in [0.29, 0.717) is 5.92 Å². The second kappa shape index (κ2) is 2.79. The second-order valence-corrected chi connectivity index (χ2v) is 5.80. The van der Waals surface area contributed by atoms with Gasteiger partial charge < -0.3 is 10.6 Å². The van der Waals surface area contributed by atoms with E-state index in [0.717, 1.165) is 25.7 Å². The maximum atomic E-state index is 12.2. The number of rotatable bonds is 1. The molecule has 4 fully saturated rings. The average molecular weight is 222 g/mol. The lowest BCUT2D eigenvalue weighted by molar-refractivity contribution is -0.158. The van der Waals surface area contributed by atoms with Crippen molar-refractivity contribution >= 4 is 11.8 Å². The molecule has 4 aliphatic rings. The number of piperazine rings is 1. The highest BCUT2D eigenvalue weighted by molar-refractivity contribution is 6.04. The molecule has 4 rings (SSSR count). The van der Waals surface area contributed by atoms with Crippen LogP contribution in [0.25, 0.3) is 0 Å². The monoisotopic (exact) mass is 222 g/mol. The first-order chi connectivity index (χ1) is 7.51. The van der Waals surface area contributed by atoms with Crippen molar-refractivity contribution in [2.24, 2.45) is 11.8 Å². The number of hydrogen-bond donors (Lipinski definition) is 2. The molecule has 2 N–H and O–H groups in total. The Morgan fingerprint density at radius 3 is 2.69 bits per heavy atom. The molecule has 0 aromatic carbocycles. The SMILES string of the molecule is CC(C)C12CC3CCCC3(NC1=O)C(=O)N2. The minimum Gasteiger partial charge on any atom is -0.339 e. The lowest BCUT2D eigenvalue weighted by atomic mass is 9.64. The van der Waals surface area contributed by atoms with E-state index >= 15 is 0 Å². The predicted molar refractivity (Wildman–Crippen MR) is 58.5 cm³/mol. The molecule has 4 heteroatoms. The molecule has 1 saturated carbocycles. The van der Waals surface area contributed by atoms with Crippen molar-refractivity contribution < 1.29 is 9.59 Å². The lowest BCUT2D eigenvalue weighted by Crippen LogP contribution is -2.82. The molecule has 4 nitrogen and oxygen atoms in total. The Morgan fingerprint density at radius 1 is 1.25 bits per heavy atom. The molecular weight excluding hydrogens is 204 g/mol. The highest BCUT2D eigenvalue weighted by Gasteiger charge is 2.65. The Labute approximate surface area is 95.2 Å². The lowest BCUT2D eigenvalue weighted by Gasteiger charge is -2.55. The van der Waals surface area contributed by atoms with Crippen LogP contribution < -0.4 is 10.6 Å². The van der Waals surface area contributed by atoms with Gasteiger partial charge >= 0.3 is 0 Å². The standard InChI is InChI=1S/C12H18N2O2/c1-7(2)12-6-8-4-3-5-11(8,9(15)14-12)13-10(12)16/h7-8H,3-6H2,1-2H3,(H,13,16)(H,14,15). The third-order valence-electron chi connectivity index (χ3n) is 4.86. The Kier molecular flexibility index (Phi) is 1.76. The molecule has 0 aromatic rings. The first kappa shape index (κ1) is 10.1. The van der Waals surface area contributed by atoms with Crippen molar-refractivity contribution in [2.45, 2.75) is 50.6 Å². The minimum absolute atomic E-state index is 0.0280. The zero-order valence-corrected chi connectivity index (χ0v) is 9.80. The summed E-state index contributed by atoms with van der Waals surface area (Å²) in [5.74, 6) is 0.575. The fraction of sp³-hybridized carbons (Fsp3) is 0.833. The molecule has 88 valence electrons. The number of nitrogens with one attached hydrogen (secondary N) is 2. The molecule has 3 atom stereocenters. The van der Waals surface area contributed by atoms with Crippen LogP contribution in [0.15, 0.2) is 0 Å². The van der Waals surface area contributed by atoms with E-state index in [1.807, 2.05) is 13.8 Å². The highest BCUT2D eigenvalue weighted by Crippen LogP contribution is 2.49. The Morgan fingerprint density at radius 2 is 2.00 bits per heavy atom. The van der Waals surface area contributed by atoms with Crippen molar-refractivity contribution in [1.29, 1.82) is 0 Å². The number of amides is 2. The van der Waals surface area contributed by atoms with Crippen LogP contribution in [0.5, 0.6) is 0 Å². The quantitative estimate of drug-likeness (QED) is 0.681. The third-order valence-corrected chi connectivity index (χ3v) is 4.86. The zero-order valence-electron chi connectivity index (χ0n) is 9.80. The van der Waals surface area contributed by atoms with Crippen molar-refractivity contribution in [3.8, 4) is 0 Å². The summed E-state index contributed by atoms with van der Waals surface area (Å²) in [6.07, 6.45) is 3.75. The number of hydrogen-bond acceptors (Lipinski definition) is 2. The number of carbonyl (C=O) groups excluding carboxylic acids is 2. The van der Waals surface area contributed by atoms with E-state index in [1.54, 1.807) is 0 Å². The molecule has 1 spiro atoms. The Hall–Kier alpha value is -1.06. The van der Waals surface area contributed by atoms with Gasteiger partial charge in [-0.1, -0.05) is 20.3 Å². The molecule has 0 aromatic heterocycles. The van der Waals surface area contributed by atoms with Crippen LogP contribution in [0.4, 0.5) is 0 Å². The molecule has 3 saturated heterocycles. The fourth-order valence-electron chi connectivity index (χ4n) is 3.73. The van der Waals surface area contributed by atoms with Crippen LogP contribution in [0.1, 0.15) is 39.5 Å². The van der Waals surface area contributed by atoms with Crippen LogP contribution >= 0.6 is 0 Å². The topological polar surface area (TPSA) is 58.2 Å². The van der Waals surface area contributed by atoms with Gasteiger partial charge in [-0.05, 0) is 31.1 Å². The zero-order chi connectivity index (χ0) is 11.6. The van der Waals surface area contributed by atoms with E-state index in [-0.39, 0.29) is 17.7 Å². The molecule has 0 radical (unpaired) electrons. The summed E-state index contributed by atoms with van der Waals surface area (Å²) in [6.45, 7) is 4.01. The molecule has 2 bridgehead atoms. The van der Waals surface area contributed by atoms with Gasteiger partial charge in [-0.25, -0.2) is 0 Å². The normalized spacial score (nSPS) is 45.6. The van der Waals surface area contributed by atoms with Crippen molar-refractivity contribution in [1.82, 2.24) is 10.6 Å². The van der Waals surface area contributed by atoms with Gasteiger partial charge in [0.05, 0.1) is 0 Å². The molecule has 16 heavy (non-hydrogen) atoms. The van der Waals surface area contributed by atoms with Gasteiger partial charge in [0.2, 0.25) is 11.8 Å². The molecule has 3 unspecified atom stereocenters. The predicted octanol–water partition coefficient (Wildman–Crippen LogP) is 0.570. The minimum atomic E-state index is -0.645. The molecular formula is C12H18N2O2. The Bertz CT molecular complexity index is 373. The summed E-state index contributed by atoms with van der Waals surface area (Å²) in [6, 6.07) is 0. The van der Waals surface area contributed by atoms with Crippen molar-refractivity contribution in [3.05, 3.63) is 0 Å². The van der Waals surface area contributed by atoms with Gasteiger partial charge in [-0.2, -0.15) is 0 Å². The van der Waals surface area contributed by atoms with E-state index in [2.05, 4.69) is 10.6 Å². The summed E-state index contributed by atoms with van der Waals surface area (Å²) in [7, 11) is 0. The van der Waals surface area contributed by atoms with E-state index in [4.69, 9.17) is 0 Å². The number of fused-ring (bicyclic) bond motifs is 2. The van der Waals surface area contributed by atoms with Gasteiger partial charge in [0.15, 0.2) is 0 Å². The third kappa shape index (κ3) is 0.913. The average Bonchev–Trinajstić information content (AvgIpc) is 2.61. The van der Waals surface area contributed by atoms with Crippen LogP contribution in [-0.2, 0) is 9.59 Å². The van der Waals surface area contributed by atoms with Crippen LogP contribution in [0, 0.1) is 11.8 Å². The highest BCUT2D eigenvalue weighted by atomic mass is 16.2. The van der Waals surface area contributed by atoms with Gasteiger partial charge in [0.1, 0.15) is 11.1 Å². The summed E-state index contributed by atoms with van der Waals surface area (Å²) in [5.41, 5.74) is -1.21. The first-order valence-electron chi connectivity index (χ1n) is 6.16. The van der Waals surface area contributed by atoms with Crippen molar-refractivity contribution in [3.63, 3.8) is 0 Å². The van der Waals surface area contributed by atoms with Crippen LogP contribution in [-0.4, -0.2) is 22.9 Å². The maximum Gasteiger partial charge on any atom is 0.246 e. The van der Waals surface area contributed by atoms with E-state index in [9.17, 15) is 9.59 Å². The molecule has 1 aliphatic carbocycles. The van der Waals surface area contributed by atoms with Crippen LogP contribution in [0.2, 0.25) is 0 Å².